The van der Waals surface area contributed by atoms with Crippen LogP contribution in [0.25, 0.3) is 22.0 Å². The lowest BCUT2D eigenvalue weighted by molar-refractivity contribution is 1.23. The van der Waals surface area contributed by atoms with Gasteiger partial charge in [-0.15, -0.1) is 0 Å². The van der Waals surface area contributed by atoms with E-state index >= 15 is 0 Å². The average Bonchev–Trinajstić information content (AvgIpc) is 2.47. The zero-order valence-electron chi connectivity index (χ0n) is 10.0. The third kappa shape index (κ3) is 1.98. The molecule has 4 heteroatoms. The molecule has 3 rings (SSSR count). The highest BCUT2D eigenvalue weighted by molar-refractivity contribution is 5.91. The van der Waals surface area contributed by atoms with Gasteiger partial charge in [0.15, 0.2) is 0 Å². The normalized spacial score (nSPS) is 10.3. The Morgan fingerprint density at radius 2 is 1.84 bits per heavy atom. The van der Waals surface area contributed by atoms with Gasteiger partial charge in [0.1, 0.15) is 12.1 Å². The van der Waals surface area contributed by atoms with Crippen LogP contribution in [0.3, 0.4) is 0 Å². The molecule has 0 amide bonds. The number of rotatable bonds is 1. The van der Waals surface area contributed by atoms with E-state index in [0.717, 1.165) is 22.0 Å². The van der Waals surface area contributed by atoms with Gasteiger partial charge in [-0.1, -0.05) is 18.2 Å². The average molecular weight is 246 g/mol. The van der Waals surface area contributed by atoms with Crippen molar-refractivity contribution in [3.8, 4) is 17.2 Å². The van der Waals surface area contributed by atoms with E-state index in [9.17, 15) is 0 Å². The van der Waals surface area contributed by atoms with Crippen LogP contribution in [-0.4, -0.2) is 9.97 Å². The number of nitriles is 1. The van der Waals surface area contributed by atoms with E-state index in [1.54, 1.807) is 6.07 Å². The van der Waals surface area contributed by atoms with E-state index in [1.165, 1.54) is 6.33 Å². The molecule has 3 aromatic rings. The van der Waals surface area contributed by atoms with Gasteiger partial charge in [-0.2, -0.15) is 5.26 Å². The third-order valence-corrected chi connectivity index (χ3v) is 2.99. The molecule has 0 aliphatic carbocycles. The Bertz CT molecular complexity index is 803. The Hall–Kier alpha value is -2.93. The number of fused-ring (bicyclic) bond motifs is 1. The maximum absolute atomic E-state index is 8.93. The van der Waals surface area contributed by atoms with Gasteiger partial charge in [-0.25, -0.2) is 9.97 Å². The topological polar surface area (TPSA) is 75.6 Å². The van der Waals surface area contributed by atoms with Gasteiger partial charge < -0.3 is 5.73 Å². The molecular formula is C15H10N4. The second-order valence-electron chi connectivity index (χ2n) is 4.18. The van der Waals surface area contributed by atoms with Crippen LogP contribution >= 0.6 is 0 Å². The molecule has 2 N–H and O–H groups in total. The van der Waals surface area contributed by atoms with E-state index in [0.29, 0.717) is 11.4 Å². The molecule has 0 fully saturated rings. The smallest absolute Gasteiger partial charge is 0.134 e. The van der Waals surface area contributed by atoms with E-state index in [4.69, 9.17) is 11.0 Å². The number of nitrogen functional groups attached to an aromatic ring is 1. The van der Waals surface area contributed by atoms with Crippen molar-refractivity contribution in [1.29, 1.82) is 5.26 Å². The molecule has 0 atom stereocenters. The highest BCUT2D eigenvalue weighted by Gasteiger charge is 2.04. The minimum Gasteiger partial charge on any atom is -0.383 e. The van der Waals surface area contributed by atoms with Crippen LogP contribution in [0.5, 0.6) is 0 Å². The molecule has 0 bridgehead atoms. The van der Waals surface area contributed by atoms with Crippen molar-refractivity contribution in [2.24, 2.45) is 0 Å². The second kappa shape index (κ2) is 4.39. The first-order chi connectivity index (χ1) is 9.28. The van der Waals surface area contributed by atoms with E-state index in [1.807, 2.05) is 36.4 Å². The Morgan fingerprint density at radius 1 is 1.00 bits per heavy atom. The van der Waals surface area contributed by atoms with Gasteiger partial charge in [-0.05, 0) is 35.4 Å². The molecule has 0 aliphatic heterocycles. The Kier molecular flexibility index (Phi) is 2.58. The second-order valence-corrected chi connectivity index (χ2v) is 4.18. The SMILES string of the molecule is N#Cc1cccc(-c2ccc3ncnc(N)c3c2)c1. The summed E-state index contributed by atoms with van der Waals surface area (Å²) in [6, 6.07) is 15.4. The van der Waals surface area contributed by atoms with Gasteiger partial charge in [0.25, 0.3) is 0 Å². The monoisotopic (exact) mass is 246 g/mol. The van der Waals surface area contributed by atoms with Crippen molar-refractivity contribution < 1.29 is 0 Å². The molecule has 0 spiro atoms. The summed E-state index contributed by atoms with van der Waals surface area (Å²) in [6.07, 6.45) is 1.45. The van der Waals surface area contributed by atoms with Gasteiger partial charge >= 0.3 is 0 Å². The fourth-order valence-corrected chi connectivity index (χ4v) is 2.02. The quantitative estimate of drug-likeness (QED) is 0.716. The number of benzene rings is 2. The molecule has 0 aliphatic rings. The van der Waals surface area contributed by atoms with Crippen LogP contribution in [0.1, 0.15) is 5.56 Å². The predicted molar refractivity (Wildman–Crippen MR) is 74.1 cm³/mol. The fraction of sp³-hybridized carbons (Fsp3) is 0. The minimum atomic E-state index is 0.461. The molecular weight excluding hydrogens is 236 g/mol. The number of hydrogen-bond acceptors (Lipinski definition) is 4. The molecule has 0 radical (unpaired) electrons. The molecule has 0 unspecified atom stereocenters. The van der Waals surface area contributed by atoms with Crippen molar-refractivity contribution in [2.45, 2.75) is 0 Å². The van der Waals surface area contributed by atoms with E-state index in [-0.39, 0.29) is 0 Å². The van der Waals surface area contributed by atoms with Crippen molar-refractivity contribution >= 4 is 16.7 Å². The van der Waals surface area contributed by atoms with Crippen LogP contribution in [0.15, 0.2) is 48.8 Å². The lowest BCUT2D eigenvalue weighted by Crippen LogP contribution is -1.93. The number of nitrogens with two attached hydrogens (primary N) is 1. The molecule has 0 saturated carbocycles. The van der Waals surface area contributed by atoms with Crippen molar-refractivity contribution in [1.82, 2.24) is 9.97 Å². The zero-order valence-corrected chi connectivity index (χ0v) is 10.0. The minimum absolute atomic E-state index is 0.461. The predicted octanol–water partition coefficient (Wildman–Crippen LogP) is 2.75. The van der Waals surface area contributed by atoms with Crippen LogP contribution in [0.4, 0.5) is 5.82 Å². The fourth-order valence-electron chi connectivity index (χ4n) is 2.02. The molecule has 4 nitrogen and oxygen atoms in total. The van der Waals surface area contributed by atoms with Crippen molar-refractivity contribution in [3.05, 3.63) is 54.4 Å². The number of anilines is 1. The summed E-state index contributed by atoms with van der Waals surface area (Å²) in [7, 11) is 0. The Morgan fingerprint density at radius 3 is 2.68 bits per heavy atom. The zero-order chi connectivity index (χ0) is 13.2. The van der Waals surface area contributed by atoms with Gasteiger partial charge in [-0.3, -0.25) is 0 Å². The maximum Gasteiger partial charge on any atom is 0.134 e. The Balaban J connectivity index is 2.20. The van der Waals surface area contributed by atoms with Crippen molar-refractivity contribution in [2.75, 3.05) is 5.73 Å². The number of hydrogen-bond donors (Lipinski definition) is 1. The summed E-state index contributed by atoms with van der Waals surface area (Å²) in [6.45, 7) is 0. The largest absolute Gasteiger partial charge is 0.383 e. The van der Waals surface area contributed by atoms with Crippen molar-refractivity contribution in [3.63, 3.8) is 0 Å². The third-order valence-electron chi connectivity index (χ3n) is 2.99. The highest BCUT2D eigenvalue weighted by atomic mass is 14.9. The number of aromatic nitrogens is 2. The van der Waals surface area contributed by atoms with E-state index < -0.39 is 0 Å². The van der Waals surface area contributed by atoms with Gasteiger partial charge in [0, 0.05) is 5.39 Å². The standard InChI is InChI=1S/C15H10N4/c16-8-10-2-1-3-11(6-10)12-4-5-14-13(7-12)15(17)19-9-18-14/h1-7,9H,(H2,17,18,19). The lowest BCUT2D eigenvalue weighted by Gasteiger charge is -2.05. The first-order valence-electron chi connectivity index (χ1n) is 5.79. The van der Waals surface area contributed by atoms with Crippen LogP contribution in [0, 0.1) is 11.3 Å². The van der Waals surface area contributed by atoms with Crippen LogP contribution < -0.4 is 5.73 Å². The molecule has 19 heavy (non-hydrogen) atoms. The molecule has 2 aromatic carbocycles. The van der Waals surface area contributed by atoms with Crippen LogP contribution in [0.2, 0.25) is 0 Å². The molecule has 1 heterocycles. The molecule has 90 valence electrons. The summed E-state index contributed by atoms with van der Waals surface area (Å²) < 4.78 is 0. The van der Waals surface area contributed by atoms with Gasteiger partial charge in [0.05, 0.1) is 17.1 Å². The highest BCUT2D eigenvalue weighted by Crippen LogP contribution is 2.26. The lowest BCUT2D eigenvalue weighted by atomic mass is 10.0. The first-order valence-corrected chi connectivity index (χ1v) is 5.79. The summed E-state index contributed by atoms with van der Waals surface area (Å²) >= 11 is 0. The van der Waals surface area contributed by atoms with Crippen LogP contribution in [-0.2, 0) is 0 Å². The van der Waals surface area contributed by atoms with Gasteiger partial charge in [0.2, 0.25) is 0 Å². The maximum atomic E-state index is 8.93. The molecule has 1 aromatic heterocycles. The number of nitrogens with zero attached hydrogens (tertiary/aromatic N) is 3. The summed E-state index contributed by atoms with van der Waals surface area (Å²) in [4.78, 5) is 8.16. The molecule has 0 saturated heterocycles. The first kappa shape index (κ1) is 11.2. The summed E-state index contributed by atoms with van der Waals surface area (Å²) in [5.74, 6) is 0.461. The Labute approximate surface area is 110 Å². The van der Waals surface area contributed by atoms with E-state index in [2.05, 4.69) is 16.0 Å². The summed E-state index contributed by atoms with van der Waals surface area (Å²) in [5, 5.41) is 9.76. The summed E-state index contributed by atoms with van der Waals surface area (Å²) in [5.41, 5.74) is 9.27.